The summed E-state index contributed by atoms with van der Waals surface area (Å²) in [5.74, 6) is 0.273. The third-order valence-corrected chi connectivity index (χ3v) is 8.48. The molecule has 0 saturated heterocycles. The summed E-state index contributed by atoms with van der Waals surface area (Å²) >= 11 is 6.28. The maximum absolute atomic E-state index is 14.1. The minimum atomic E-state index is -4.33. The van der Waals surface area contributed by atoms with E-state index in [2.05, 4.69) is 5.32 Å². The van der Waals surface area contributed by atoms with E-state index in [0.29, 0.717) is 5.75 Å². The van der Waals surface area contributed by atoms with Gasteiger partial charge in [-0.1, -0.05) is 71.8 Å². The fraction of sp³-hybridized carbons (Fsp3) is 0.194. The summed E-state index contributed by atoms with van der Waals surface area (Å²) in [6.07, 6.45) is 0. The van der Waals surface area contributed by atoms with Crippen LogP contribution in [0.15, 0.2) is 95.9 Å². The smallest absolute Gasteiger partial charge is 0.265 e. The van der Waals surface area contributed by atoms with E-state index in [1.54, 1.807) is 12.1 Å². The molecule has 0 aliphatic carbocycles. The average molecular weight is 595 g/mol. The number of amides is 1. The van der Waals surface area contributed by atoms with Crippen LogP contribution < -0.4 is 23.8 Å². The second-order valence-corrected chi connectivity index (χ2v) is 11.5. The number of carbonyl (C=O) groups excluding carboxylic acids is 1. The predicted octanol–water partition coefficient (Wildman–Crippen LogP) is 5.78. The minimum Gasteiger partial charge on any atom is -0.495 e. The number of anilines is 1. The van der Waals surface area contributed by atoms with Crippen molar-refractivity contribution in [1.82, 2.24) is 5.32 Å². The molecule has 0 radical (unpaired) electrons. The second kappa shape index (κ2) is 13.0. The van der Waals surface area contributed by atoms with Gasteiger partial charge in [-0.25, -0.2) is 8.42 Å². The zero-order valence-electron chi connectivity index (χ0n) is 23.1. The van der Waals surface area contributed by atoms with Gasteiger partial charge in [0.15, 0.2) is 11.5 Å². The number of hydrogen-bond donors (Lipinski definition) is 1. The van der Waals surface area contributed by atoms with Crippen LogP contribution in [-0.2, 0) is 14.8 Å². The van der Waals surface area contributed by atoms with Crippen LogP contribution in [-0.4, -0.2) is 42.2 Å². The van der Waals surface area contributed by atoms with Crippen LogP contribution in [0.2, 0.25) is 5.02 Å². The van der Waals surface area contributed by atoms with Gasteiger partial charge in [0.25, 0.3) is 10.0 Å². The normalized spacial score (nSPS) is 11.8. The van der Waals surface area contributed by atoms with Crippen molar-refractivity contribution < 1.29 is 27.4 Å². The number of sulfonamides is 1. The third-order valence-electron chi connectivity index (χ3n) is 6.49. The van der Waals surface area contributed by atoms with E-state index >= 15 is 0 Å². The van der Waals surface area contributed by atoms with E-state index in [0.717, 1.165) is 21.0 Å². The fourth-order valence-electron chi connectivity index (χ4n) is 4.36. The largest absolute Gasteiger partial charge is 0.495 e. The standard InChI is InChI=1S/C31H31ClN2O6S/c1-21-10-12-23(13-11-21)31(22-8-6-5-7-9-22)33-30(35)20-34(26-18-24(32)14-16-27(26)38-2)41(36,37)25-15-17-28(39-3)29(19-25)40-4/h5-19,31H,20H2,1-4H3,(H,33,35). The predicted molar refractivity (Wildman–Crippen MR) is 160 cm³/mol. The number of hydrogen-bond acceptors (Lipinski definition) is 6. The molecule has 0 aliphatic heterocycles. The number of rotatable bonds is 11. The molecule has 4 aromatic rings. The Labute approximate surface area is 245 Å². The van der Waals surface area contributed by atoms with Crippen LogP contribution in [0.1, 0.15) is 22.7 Å². The highest BCUT2D eigenvalue weighted by molar-refractivity contribution is 7.92. The molecule has 0 heterocycles. The lowest BCUT2D eigenvalue weighted by molar-refractivity contribution is -0.120. The lowest BCUT2D eigenvalue weighted by atomic mass is 9.98. The van der Waals surface area contributed by atoms with Crippen LogP contribution in [0, 0.1) is 6.92 Å². The number of nitrogens with zero attached hydrogens (tertiary/aromatic N) is 1. The van der Waals surface area contributed by atoms with Crippen LogP contribution in [0.4, 0.5) is 5.69 Å². The molecule has 1 atom stereocenters. The Kier molecular flexibility index (Phi) is 9.42. The molecular formula is C31H31ClN2O6S. The van der Waals surface area contributed by atoms with E-state index in [1.807, 2.05) is 61.5 Å². The summed E-state index contributed by atoms with van der Waals surface area (Å²) in [5, 5.41) is 3.30. The molecule has 0 aliphatic rings. The van der Waals surface area contributed by atoms with Gasteiger partial charge in [0.05, 0.1) is 38.0 Å². The Morgan fingerprint density at radius 2 is 1.41 bits per heavy atom. The molecule has 214 valence electrons. The molecule has 8 nitrogen and oxygen atoms in total. The molecule has 1 N–H and O–H groups in total. The molecule has 1 unspecified atom stereocenters. The first kappa shape index (κ1) is 29.8. The van der Waals surface area contributed by atoms with Crippen molar-refractivity contribution in [2.24, 2.45) is 0 Å². The molecule has 4 rings (SSSR count). The first-order valence-electron chi connectivity index (χ1n) is 12.7. The highest BCUT2D eigenvalue weighted by Crippen LogP contribution is 2.37. The average Bonchev–Trinajstić information content (AvgIpc) is 2.99. The molecule has 0 aromatic heterocycles. The summed E-state index contributed by atoms with van der Waals surface area (Å²) in [5.41, 5.74) is 2.88. The van der Waals surface area contributed by atoms with Crippen LogP contribution in [0.5, 0.6) is 17.2 Å². The Bertz CT molecular complexity index is 1610. The number of methoxy groups -OCH3 is 3. The van der Waals surface area contributed by atoms with Gasteiger partial charge in [-0.3, -0.25) is 9.10 Å². The quantitative estimate of drug-likeness (QED) is 0.237. The Hall–Kier alpha value is -4.21. The molecule has 0 fully saturated rings. The van der Waals surface area contributed by atoms with E-state index in [4.69, 9.17) is 25.8 Å². The maximum Gasteiger partial charge on any atom is 0.265 e. The van der Waals surface area contributed by atoms with E-state index in [-0.39, 0.29) is 27.1 Å². The third kappa shape index (κ3) is 6.75. The maximum atomic E-state index is 14.1. The minimum absolute atomic E-state index is 0.108. The lowest BCUT2D eigenvalue weighted by Gasteiger charge is -2.27. The molecule has 4 aromatic carbocycles. The number of carbonyl (C=O) groups is 1. The van der Waals surface area contributed by atoms with Crippen molar-refractivity contribution in [2.75, 3.05) is 32.2 Å². The Morgan fingerprint density at radius 1 is 0.805 bits per heavy atom. The van der Waals surface area contributed by atoms with E-state index < -0.39 is 28.5 Å². The summed E-state index contributed by atoms with van der Waals surface area (Å²) in [6, 6.07) is 25.5. The van der Waals surface area contributed by atoms with E-state index in [1.165, 1.54) is 45.6 Å². The molecule has 10 heteroatoms. The SMILES string of the molecule is COc1ccc(S(=O)(=O)N(CC(=O)NC(c2ccccc2)c2ccc(C)cc2)c2cc(Cl)ccc2OC)cc1OC. The molecule has 0 bridgehead atoms. The number of nitrogens with one attached hydrogen (secondary N) is 1. The zero-order valence-corrected chi connectivity index (χ0v) is 24.7. The van der Waals surface area contributed by atoms with Crippen molar-refractivity contribution in [2.45, 2.75) is 17.9 Å². The molecule has 0 saturated carbocycles. The van der Waals surface area contributed by atoms with Gasteiger partial charge in [0.2, 0.25) is 5.91 Å². The summed E-state index contributed by atoms with van der Waals surface area (Å²) < 4.78 is 45.3. The number of aryl methyl sites for hydroxylation is 1. The van der Waals surface area contributed by atoms with Crippen molar-refractivity contribution in [1.29, 1.82) is 0 Å². The van der Waals surface area contributed by atoms with Gasteiger partial charge in [-0.05, 0) is 48.4 Å². The first-order valence-corrected chi connectivity index (χ1v) is 14.5. The van der Waals surface area contributed by atoms with Gasteiger partial charge in [0, 0.05) is 11.1 Å². The van der Waals surface area contributed by atoms with Gasteiger partial charge in [-0.2, -0.15) is 0 Å². The second-order valence-electron chi connectivity index (χ2n) is 9.17. The molecular weight excluding hydrogens is 564 g/mol. The van der Waals surface area contributed by atoms with Gasteiger partial charge in [-0.15, -0.1) is 0 Å². The topological polar surface area (TPSA) is 94.2 Å². The Morgan fingerprint density at radius 3 is 2.05 bits per heavy atom. The highest BCUT2D eigenvalue weighted by atomic mass is 35.5. The van der Waals surface area contributed by atoms with Crippen LogP contribution >= 0.6 is 11.6 Å². The lowest BCUT2D eigenvalue weighted by Crippen LogP contribution is -2.42. The number of halogens is 1. The van der Waals surface area contributed by atoms with Gasteiger partial charge < -0.3 is 19.5 Å². The van der Waals surface area contributed by atoms with Crippen molar-refractivity contribution >= 4 is 33.2 Å². The van der Waals surface area contributed by atoms with Crippen LogP contribution in [0.3, 0.4) is 0 Å². The van der Waals surface area contributed by atoms with Crippen molar-refractivity contribution in [3.8, 4) is 17.2 Å². The zero-order chi connectivity index (χ0) is 29.6. The first-order chi connectivity index (χ1) is 19.7. The summed E-state index contributed by atoms with van der Waals surface area (Å²) in [7, 11) is -0.0489. The summed E-state index contributed by atoms with van der Waals surface area (Å²) in [6.45, 7) is 1.43. The number of benzene rings is 4. The highest BCUT2D eigenvalue weighted by Gasteiger charge is 2.31. The van der Waals surface area contributed by atoms with Crippen molar-refractivity contribution in [3.63, 3.8) is 0 Å². The molecule has 1 amide bonds. The van der Waals surface area contributed by atoms with Gasteiger partial charge in [0.1, 0.15) is 12.3 Å². The summed E-state index contributed by atoms with van der Waals surface area (Å²) in [4.78, 5) is 13.6. The Balaban J connectivity index is 1.77. The fourth-order valence-corrected chi connectivity index (χ4v) is 5.97. The van der Waals surface area contributed by atoms with Gasteiger partial charge >= 0.3 is 0 Å². The van der Waals surface area contributed by atoms with Crippen LogP contribution in [0.25, 0.3) is 0 Å². The number of ether oxygens (including phenoxy) is 3. The van der Waals surface area contributed by atoms with Crippen molar-refractivity contribution in [3.05, 3.63) is 113 Å². The van der Waals surface area contributed by atoms with E-state index in [9.17, 15) is 13.2 Å². The molecule has 41 heavy (non-hydrogen) atoms. The monoisotopic (exact) mass is 594 g/mol. The molecule has 0 spiro atoms.